The zero-order valence-corrected chi connectivity index (χ0v) is 12.7. The molecule has 5 heteroatoms. The van der Waals surface area contributed by atoms with Crippen molar-refractivity contribution < 1.29 is 9.53 Å². The number of Topliss-reactive ketones (excluding diaryl/α,β-unsaturated/α-hetero) is 1. The maximum absolute atomic E-state index is 13.1. The molecule has 112 valence electrons. The van der Waals surface area contributed by atoms with Crippen LogP contribution in [0, 0.1) is 11.3 Å². The normalized spacial score (nSPS) is 26.5. The van der Waals surface area contributed by atoms with E-state index in [1.54, 1.807) is 18.0 Å². The van der Waals surface area contributed by atoms with Crippen LogP contribution in [0.25, 0.3) is 0 Å². The van der Waals surface area contributed by atoms with Gasteiger partial charge in [-0.15, -0.1) is 0 Å². The van der Waals surface area contributed by atoms with Gasteiger partial charge in [-0.25, -0.2) is 0 Å². The van der Waals surface area contributed by atoms with Crippen LogP contribution >= 0.6 is 0 Å². The van der Waals surface area contributed by atoms with Gasteiger partial charge in [0.2, 0.25) is 0 Å². The molecule has 1 aromatic rings. The maximum atomic E-state index is 13.1. The fourth-order valence-electron chi connectivity index (χ4n) is 3.08. The second-order valence-corrected chi connectivity index (χ2v) is 5.87. The Labute approximate surface area is 120 Å². The van der Waals surface area contributed by atoms with Crippen molar-refractivity contribution in [3.8, 4) is 5.75 Å². The van der Waals surface area contributed by atoms with Crippen LogP contribution in [0.4, 0.5) is 0 Å². The molecule has 2 rings (SSSR count). The minimum Gasteiger partial charge on any atom is -0.493 e. The third kappa shape index (κ3) is 2.46. The molecule has 1 saturated carbocycles. The van der Waals surface area contributed by atoms with E-state index in [1.165, 1.54) is 0 Å². The number of rotatable bonds is 5. The highest BCUT2D eigenvalue weighted by Gasteiger charge is 2.42. The van der Waals surface area contributed by atoms with Crippen molar-refractivity contribution in [2.24, 2.45) is 17.1 Å². The van der Waals surface area contributed by atoms with Gasteiger partial charge < -0.3 is 10.5 Å². The Morgan fingerprint density at radius 3 is 2.70 bits per heavy atom. The zero-order valence-electron chi connectivity index (χ0n) is 12.7. The van der Waals surface area contributed by atoms with Crippen molar-refractivity contribution in [3.05, 3.63) is 11.9 Å². The lowest BCUT2D eigenvalue weighted by Crippen LogP contribution is -2.42. The number of hydrogen-bond donors (Lipinski definition) is 1. The van der Waals surface area contributed by atoms with Gasteiger partial charge in [-0.1, -0.05) is 6.92 Å². The molecule has 0 saturated heterocycles. The summed E-state index contributed by atoms with van der Waals surface area (Å²) < 4.78 is 7.02. The number of carbonyl (C=O) groups excluding carboxylic acids is 1. The van der Waals surface area contributed by atoms with Crippen LogP contribution in [0.3, 0.4) is 0 Å². The SMILES string of the molecule is CCn1ncc(OC)c1C(=O)C1(CN)CCC(C)CC1. The first kappa shape index (κ1) is 15.0. The molecule has 1 heterocycles. The zero-order chi connectivity index (χ0) is 14.8. The Bertz CT molecular complexity index is 452. The topological polar surface area (TPSA) is 70.1 Å². The molecule has 2 N–H and O–H groups in total. The highest BCUT2D eigenvalue weighted by atomic mass is 16.5. The minimum atomic E-state index is -0.438. The number of ketones is 1. The summed E-state index contributed by atoms with van der Waals surface area (Å²) in [5.41, 5.74) is 6.12. The first-order valence-corrected chi connectivity index (χ1v) is 7.42. The molecule has 1 aliphatic carbocycles. The van der Waals surface area contributed by atoms with Gasteiger partial charge in [0.1, 0.15) is 5.69 Å². The Morgan fingerprint density at radius 1 is 1.55 bits per heavy atom. The molecule has 0 spiro atoms. The van der Waals surface area contributed by atoms with E-state index >= 15 is 0 Å². The van der Waals surface area contributed by atoms with Crippen molar-refractivity contribution >= 4 is 5.78 Å². The molecule has 1 fully saturated rings. The predicted molar refractivity (Wildman–Crippen MR) is 77.9 cm³/mol. The second kappa shape index (κ2) is 5.95. The molecule has 0 aromatic carbocycles. The first-order chi connectivity index (χ1) is 9.57. The molecule has 0 bridgehead atoms. The summed E-state index contributed by atoms with van der Waals surface area (Å²) in [7, 11) is 1.58. The third-order valence-electron chi connectivity index (χ3n) is 4.64. The Morgan fingerprint density at radius 2 is 2.20 bits per heavy atom. The Kier molecular flexibility index (Phi) is 4.48. The van der Waals surface area contributed by atoms with Crippen LogP contribution in [0.15, 0.2) is 6.20 Å². The molecule has 0 atom stereocenters. The van der Waals surface area contributed by atoms with Gasteiger partial charge in [-0.2, -0.15) is 5.10 Å². The molecule has 0 radical (unpaired) electrons. The van der Waals surface area contributed by atoms with Crippen molar-refractivity contribution in [3.63, 3.8) is 0 Å². The lowest BCUT2D eigenvalue weighted by molar-refractivity contribution is 0.0680. The summed E-state index contributed by atoms with van der Waals surface area (Å²) in [6.45, 7) is 5.27. The van der Waals surface area contributed by atoms with Gasteiger partial charge in [0, 0.05) is 18.5 Å². The van der Waals surface area contributed by atoms with Crippen LogP contribution in [0.2, 0.25) is 0 Å². The largest absolute Gasteiger partial charge is 0.493 e. The Hall–Kier alpha value is -1.36. The maximum Gasteiger partial charge on any atom is 0.192 e. The summed E-state index contributed by atoms with van der Waals surface area (Å²) in [6, 6.07) is 0. The van der Waals surface area contributed by atoms with E-state index in [1.807, 2.05) is 6.92 Å². The molecule has 0 aliphatic heterocycles. The van der Waals surface area contributed by atoms with Gasteiger partial charge in [0.05, 0.1) is 13.3 Å². The van der Waals surface area contributed by atoms with Crippen LogP contribution < -0.4 is 10.5 Å². The van der Waals surface area contributed by atoms with Crippen LogP contribution in [-0.4, -0.2) is 29.2 Å². The predicted octanol–water partition coefficient (Wildman–Crippen LogP) is 2.25. The van der Waals surface area contributed by atoms with Gasteiger partial charge in [0.15, 0.2) is 11.5 Å². The number of aryl methyl sites for hydroxylation is 1. The number of nitrogens with two attached hydrogens (primary N) is 1. The number of carbonyl (C=O) groups is 1. The highest BCUT2D eigenvalue weighted by Crippen LogP contribution is 2.41. The van der Waals surface area contributed by atoms with Crippen molar-refractivity contribution in [1.82, 2.24) is 9.78 Å². The van der Waals surface area contributed by atoms with Crippen molar-refractivity contribution in [2.45, 2.75) is 46.1 Å². The number of ether oxygens (including phenoxy) is 1. The average Bonchev–Trinajstić information content (AvgIpc) is 2.90. The third-order valence-corrected chi connectivity index (χ3v) is 4.64. The summed E-state index contributed by atoms with van der Waals surface area (Å²) >= 11 is 0. The monoisotopic (exact) mass is 279 g/mol. The van der Waals surface area contributed by atoms with E-state index in [2.05, 4.69) is 12.0 Å². The fourth-order valence-corrected chi connectivity index (χ4v) is 3.08. The van der Waals surface area contributed by atoms with Crippen LogP contribution in [-0.2, 0) is 6.54 Å². The van der Waals surface area contributed by atoms with Crippen molar-refractivity contribution in [1.29, 1.82) is 0 Å². The van der Waals surface area contributed by atoms with Gasteiger partial charge >= 0.3 is 0 Å². The summed E-state index contributed by atoms with van der Waals surface area (Å²) in [5.74, 6) is 1.34. The molecule has 0 unspecified atom stereocenters. The van der Waals surface area contributed by atoms with E-state index in [9.17, 15) is 4.79 Å². The number of nitrogens with zero attached hydrogens (tertiary/aromatic N) is 2. The number of aromatic nitrogens is 2. The van der Waals surface area contributed by atoms with Gasteiger partial charge in [-0.3, -0.25) is 9.48 Å². The van der Waals surface area contributed by atoms with E-state index in [4.69, 9.17) is 10.5 Å². The molecular weight excluding hydrogens is 254 g/mol. The summed E-state index contributed by atoms with van der Waals surface area (Å²) in [4.78, 5) is 13.1. The van der Waals surface area contributed by atoms with Gasteiger partial charge in [0.25, 0.3) is 0 Å². The summed E-state index contributed by atoms with van der Waals surface area (Å²) in [6.07, 6.45) is 5.46. The van der Waals surface area contributed by atoms with E-state index in [-0.39, 0.29) is 5.78 Å². The Balaban J connectivity index is 2.36. The molecular formula is C15H25N3O2. The van der Waals surface area contributed by atoms with Crippen LogP contribution in [0.1, 0.15) is 50.0 Å². The summed E-state index contributed by atoms with van der Waals surface area (Å²) in [5, 5.41) is 4.23. The highest BCUT2D eigenvalue weighted by molar-refractivity contribution is 6.01. The van der Waals surface area contributed by atoms with E-state index < -0.39 is 5.41 Å². The van der Waals surface area contributed by atoms with Crippen LogP contribution in [0.5, 0.6) is 5.75 Å². The molecule has 5 nitrogen and oxygen atoms in total. The van der Waals surface area contributed by atoms with Gasteiger partial charge in [-0.05, 0) is 38.5 Å². The smallest absolute Gasteiger partial charge is 0.192 e. The second-order valence-electron chi connectivity index (χ2n) is 5.87. The molecule has 0 amide bonds. The average molecular weight is 279 g/mol. The van der Waals surface area contributed by atoms with E-state index in [0.29, 0.717) is 30.5 Å². The standard InChI is InChI=1S/C15H25N3O2/c1-4-18-13(12(20-3)9-17-18)14(19)15(10-16)7-5-11(2)6-8-15/h9,11H,4-8,10,16H2,1-3H3. The van der Waals surface area contributed by atoms with E-state index in [0.717, 1.165) is 25.7 Å². The molecule has 20 heavy (non-hydrogen) atoms. The first-order valence-electron chi connectivity index (χ1n) is 7.42. The minimum absolute atomic E-state index is 0.100. The number of hydrogen-bond acceptors (Lipinski definition) is 4. The lowest BCUT2D eigenvalue weighted by atomic mass is 9.67. The lowest BCUT2D eigenvalue weighted by Gasteiger charge is -2.37. The molecule has 1 aromatic heterocycles. The molecule has 1 aliphatic rings. The van der Waals surface area contributed by atoms with Crippen molar-refractivity contribution in [2.75, 3.05) is 13.7 Å². The number of methoxy groups -OCH3 is 1. The fraction of sp³-hybridized carbons (Fsp3) is 0.733. The quantitative estimate of drug-likeness (QED) is 0.839.